The molecule has 11 rings (SSSR count). The van der Waals surface area contributed by atoms with Crippen LogP contribution in [0.5, 0.6) is 0 Å². The highest BCUT2D eigenvalue weighted by atomic mass is 16.3. The molecule has 57 heavy (non-hydrogen) atoms. The lowest BCUT2D eigenvalue weighted by molar-refractivity contribution is 0.620. The largest absolute Gasteiger partial charge is 0.456 e. The maximum Gasteiger partial charge on any atom is 0.227 e. The minimum absolute atomic E-state index is 0.617. The molecule has 0 unspecified atom stereocenters. The first-order chi connectivity index (χ1) is 28.2. The summed E-state index contributed by atoms with van der Waals surface area (Å²) in [5.74, 6) is 0.617. The van der Waals surface area contributed by atoms with Crippen LogP contribution in [0.4, 0.5) is 17.1 Å². The molecule has 268 valence electrons. The van der Waals surface area contributed by atoms with Crippen LogP contribution in [0.1, 0.15) is 0 Å². The monoisotopic (exact) mass is 730 g/mol. The molecule has 11 aromatic rings. The third kappa shape index (κ3) is 5.92. The summed E-state index contributed by atoms with van der Waals surface area (Å²) in [4.78, 5) is 7.09. The van der Waals surface area contributed by atoms with Crippen molar-refractivity contribution in [3.63, 3.8) is 0 Å². The van der Waals surface area contributed by atoms with Crippen LogP contribution in [0.2, 0.25) is 0 Å². The Morgan fingerprint density at radius 2 is 0.965 bits per heavy atom. The lowest BCUT2D eigenvalue weighted by Gasteiger charge is -2.26. The molecule has 0 saturated heterocycles. The van der Waals surface area contributed by atoms with E-state index in [0.717, 1.165) is 77.9 Å². The van der Waals surface area contributed by atoms with Gasteiger partial charge in [0, 0.05) is 33.4 Å². The first-order valence-electron chi connectivity index (χ1n) is 19.2. The number of benzene rings is 9. The van der Waals surface area contributed by atoms with Crippen LogP contribution in [-0.2, 0) is 0 Å². The number of aromatic nitrogens is 1. The highest BCUT2D eigenvalue weighted by molar-refractivity contribution is 6.13. The molecule has 0 saturated carbocycles. The molecule has 0 N–H and O–H groups in total. The fourth-order valence-corrected chi connectivity index (χ4v) is 8.04. The predicted octanol–water partition coefficient (Wildman–Crippen LogP) is 15.0. The van der Waals surface area contributed by atoms with Crippen LogP contribution in [0.25, 0.3) is 88.6 Å². The van der Waals surface area contributed by atoms with Gasteiger partial charge >= 0.3 is 0 Å². The quantitative estimate of drug-likeness (QED) is 0.164. The zero-order valence-corrected chi connectivity index (χ0v) is 30.8. The topological polar surface area (TPSA) is 42.4 Å². The molecule has 2 aromatic heterocycles. The Labute approximate surface area is 329 Å². The van der Waals surface area contributed by atoms with E-state index in [0.29, 0.717) is 5.89 Å². The number of hydrogen-bond donors (Lipinski definition) is 0. The van der Waals surface area contributed by atoms with Gasteiger partial charge < -0.3 is 13.7 Å². The van der Waals surface area contributed by atoms with Gasteiger partial charge in [0.15, 0.2) is 5.58 Å². The van der Waals surface area contributed by atoms with Crippen molar-refractivity contribution in [2.75, 3.05) is 4.90 Å². The van der Waals surface area contributed by atoms with Crippen LogP contribution in [0, 0.1) is 0 Å². The van der Waals surface area contributed by atoms with E-state index in [1.54, 1.807) is 0 Å². The van der Waals surface area contributed by atoms with Crippen LogP contribution in [0.15, 0.2) is 215 Å². The van der Waals surface area contributed by atoms with E-state index in [1.165, 1.54) is 21.9 Å². The molecular formula is C53H34N2O2. The van der Waals surface area contributed by atoms with Gasteiger partial charge in [-0.15, -0.1) is 0 Å². The molecule has 0 spiro atoms. The van der Waals surface area contributed by atoms with Gasteiger partial charge in [-0.1, -0.05) is 127 Å². The fraction of sp³-hybridized carbons (Fsp3) is 0. The molecule has 0 radical (unpaired) electrons. The number of fused-ring (bicyclic) bond motifs is 5. The van der Waals surface area contributed by atoms with Gasteiger partial charge in [0.2, 0.25) is 5.89 Å². The van der Waals surface area contributed by atoms with E-state index in [9.17, 15) is 0 Å². The summed E-state index contributed by atoms with van der Waals surface area (Å²) in [6, 6.07) is 72.4. The van der Waals surface area contributed by atoms with E-state index in [1.807, 2.05) is 42.5 Å². The van der Waals surface area contributed by atoms with Gasteiger partial charge in [-0.25, -0.2) is 4.98 Å². The van der Waals surface area contributed by atoms with Crippen molar-refractivity contribution in [3.8, 4) is 44.8 Å². The summed E-state index contributed by atoms with van der Waals surface area (Å²) < 4.78 is 12.7. The first kappa shape index (κ1) is 32.7. The smallest absolute Gasteiger partial charge is 0.227 e. The highest BCUT2D eigenvalue weighted by Crippen LogP contribution is 2.41. The molecule has 0 amide bonds. The van der Waals surface area contributed by atoms with Crippen molar-refractivity contribution in [1.29, 1.82) is 0 Å². The van der Waals surface area contributed by atoms with Crippen LogP contribution in [0.3, 0.4) is 0 Å². The number of hydrogen-bond acceptors (Lipinski definition) is 4. The van der Waals surface area contributed by atoms with Crippen molar-refractivity contribution >= 4 is 60.9 Å². The lowest BCUT2D eigenvalue weighted by Crippen LogP contribution is -2.09. The van der Waals surface area contributed by atoms with Crippen molar-refractivity contribution in [1.82, 2.24) is 4.98 Å². The van der Waals surface area contributed by atoms with Crippen molar-refractivity contribution in [2.24, 2.45) is 0 Å². The number of anilines is 3. The zero-order chi connectivity index (χ0) is 37.7. The molecule has 4 heteroatoms. The van der Waals surface area contributed by atoms with E-state index >= 15 is 0 Å². The Balaban J connectivity index is 0.969. The normalized spacial score (nSPS) is 11.5. The molecule has 0 atom stereocenters. The Bertz CT molecular complexity index is 3220. The van der Waals surface area contributed by atoms with Crippen molar-refractivity contribution < 1.29 is 8.83 Å². The molecule has 0 aliphatic carbocycles. The van der Waals surface area contributed by atoms with E-state index in [-0.39, 0.29) is 0 Å². The molecule has 0 aliphatic heterocycles. The number of furan rings is 1. The van der Waals surface area contributed by atoms with E-state index in [2.05, 4.69) is 169 Å². The predicted molar refractivity (Wildman–Crippen MR) is 235 cm³/mol. The minimum Gasteiger partial charge on any atom is -0.456 e. The van der Waals surface area contributed by atoms with Gasteiger partial charge in [-0.2, -0.15) is 0 Å². The van der Waals surface area contributed by atoms with Crippen molar-refractivity contribution in [3.05, 3.63) is 206 Å². The van der Waals surface area contributed by atoms with Crippen LogP contribution in [-0.4, -0.2) is 4.98 Å². The van der Waals surface area contributed by atoms with Crippen LogP contribution < -0.4 is 4.90 Å². The minimum atomic E-state index is 0.617. The van der Waals surface area contributed by atoms with Gasteiger partial charge in [0.1, 0.15) is 16.7 Å². The Morgan fingerprint density at radius 1 is 0.351 bits per heavy atom. The lowest BCUT2D eigenvalue weighted by atomic mass is 9.97. The Morgan fingerprint density at radius 3 is 1.72 bits per heavy atom. The standard InChI is InChI=1S/C53H34N2O2/c1-3-10-35(11-4-1)37-18-25-43(26-19-37)55(45-29-22-36-12-7-8-15-40(36)32-45)44-27-20-38(21-28-44)41-24-31-49-47(33-41)52-46(16-9-17-50(52)56-49)42-23-30-48-51(34-42)57-53(54-48)39-13-5-2-6-14-39/h1-34H. The summed E-state index contributed by atoms with van der Waals surface area (Å²) in [5.41, 5.74) is 14.3. The van der Waals surface area contributed by atoms with E-state index in [4.69, 9.17) is 13.8 Å². The van der Waals surface area contributed by atoms with Gasteiger partial charge in [0.05, 0.1) is 0 Å². The van der Waals surface area contributed by atoms with Gasteiger partial charge in [-0.05, 0) is 123 Å². The maximum atomic E-state index is 6.43. The average molecular weight is 731 g/mol. The Hall–Kier alpha value is -7.69. The maximum absolute atomic E-state index is 6.43. The second-order valence-electron chi connectivity index (χ2n) is 14.4. The molecule has 2 heterocycles. The Kier molecular flexibility index (Phi) is 7.78. The van der Waals surface area contributed by atoms with E-state index < -0.39 is 0 Å². The first-order valence-corrected chi connectivity index (χ1v) is 19.2. The summed E-state index contributed by atoms with van der Waals surface area (Å²) >= 11 is 0. The zero-order valence-electron chi connectivity index (χ0n) is 30.8. The summed E-state index contributed by atoms with van der Waals surface area (Å²) in [6.45, 7) is 0. The molecular weight excluding hydrogens is 697 g/mol. The summed E-state index contributed by atoms with van der Waals surface area (Å²) in [5, 5.41) is 4.57. The third-order valence-electron chi connectivity index (χ3n) is 10.9. The number of oxazole rings is 1. The van der Waals surface area contributed by atoms with Crippen LogP contribution >= 0.6 is 0 Å². The number of rotatable bonds is 7. The molecule has 0 bridgehead atoms. The number of nitrogens with zero attached hydrogens (tertiary/aromatic N) is 2. The molecule has 0 fully saturated rings. The summed E-state index contributed by atoms with van der Waals surface area (Å²) in [7, 11) is 0. The second kappa shape index (κ2) is 13.6. The summed E-state index contributed by atoms with van der Waals surface area (Å²) in [6.07, 6.45) is 0. The highest BCUT2D eigenvalue weighted by Gasteiger charge is 2.17. The second-order valence-corrected chi connectivity index (χ2v) is 14.4. The average Bonchev–Trinajstić information content (AvgIpc) is 3.89. The molecule has 4 nitrogen and oxygen atoms in total. The fourth-order valence-electron chi connectivity index (χ4n) is 8.04. The SMILES string of the molecule is c1ccc(-c2ccc(N(c3ccc(-c4ccc5oc6cccc(-c7ccc8nc(-c9ccccc9)oc8c7)c6c5c4)cc3)c3ccc4ccccc4c3)cc2)cc1. The van der Waals surface area contributed by atoms with Gasteiger partial charge in [0.25, 0.3) is 0 Å². The van der Waals surface area contributed by atoms with Gasteiger partial charge in [-0.3, -0.25) is 0 Å². The van der Waals surface area contributed by atoms with Crippen molar-refractivity contribution in [2.45, 2.75) is 0 Å². The molecule has 9 aromatic carbocycles. The third-order valence-corrected chi connectivity index (χ3v) is 10.9. The molecule has 0 aliphatic rings.